The topological polar surface area (TPSA) is 202 Å². The van der Waals surface area contributed by atoms with Crippen molar-refractivity contribution in [2.75, 3.05) is 0 Å². The van der Waals surface area contributed by atoms with E-state index >= 15 is 0 Å². The Labute approximate surface area is 279 Å². The van der Waals surface area contributed by atoms with Gasteiger partial charge in [0, 0.05) is 0 Å². The summed E-state index contributed by atoms with van der Waals surface area (Å²) in [6.45, 7) is 7.31. The van der Waals surface area contributed by atoms with Crippen LogP contribution in [-0.4, -0.2) is 116 Å². The van der Waals surface area contributed by atoms with Gasteiger partial charge in [-0.2, -0.15) is 0 Å². The average molecular weight is 679 g/mol. The molecule has 0 aromatic carbocycles. The van der Waals surface area contributed by atoms with Gasteiger partial charge in [0.25, 0.3) is 0 Å². The third-order valence-electron chi connectivity index (χ3n) is 9.06. The fourth-order valence-corrected chi connectivity index (χ4v) is 6.07. The standard InChI is InChI=1S/C34H62O13/c1-5-7-9-11-13-15-17-23(19-25(35)36)45-26(37)20-24(18-16-14-12-10-8-6-2)46-34-32(30(41)28(39)22(4)44-34)47-33-31(42)29(40)27(38)21(3)43-33/h21-24,27-34,38-42H,5-20H2,1-4H3,(H,35,36)/t21-,22-,23?,24?,27-,28-,29+,30+,31+,32+,33-,34-/m0/s1. The molecule has 47 heavy (non-hydrogen) atoms. The van der Waals surface area contributed by atoms with Gasteiger partial charge in [-0.15, -0.1) is 0 Å². The lowest BCUT2D eigenvalue weighted by Gasteiger charge is -2.46. The van der Waals surface area contributed by atoms with Crippen molar-refractivity contribution in [2.45, 2.75) is 204 Å². The summed E-state index contributed by atoms with van der Waals surface area (Å²) in [4.78, 5) is 24.7. The lowest BCUT2D eigenvalue weighted by molar-refractivity contribution is -0.366. The highest BCUT2D eigenvalue weighted by molar-refractivity contribution is 5.72. The second kappa shape index (κ2) is 22.3. The number of hydrogen-bond acceptors (Lipinski definition) is 12. The van der Waals surface area contributed by atoms with Crippen molar-refractivity contribution in [2.24, 2.45) is 0 Å². The van der Waals surface area contributed by atoms with E-state index < -0.39 is 85.6 Å². The van der Waals surface area contributed by atoms with E-state index in [2.05, 4.69) is 13.8 Å². The van der Waals surface area contributed by atoms with Crippen LogP contribution in [-0.2, 0) is 33.3 Å². The number of rotatable bonds is 23. The predicted molar refractivity (Wildman–Crippen MR) is 171 cm³/mol. The van der Waals surface area contributed by atoms with Crippen molar-refractivity contribution in [1.82, 2.24) is 0 Å². The minimum Gasteiger partial charge on any atom is -0.481 e. The summed E-state index contributed by atoms with van der Waals surface area (Å²) in [6.07, 6.45) is -2.60. The Bertz CT molecular complexity index is 875. The fourth-order valence-electron chi connectivity index (χ4n) is 6.07. The second-order valence-electron chi connectivity index (χ2n) is 13.3. The molecule has 2 heterocycles. The number of esters is 1. The Morgan fingerprint density at radius 2 is 1.11 bits per heavy atom. The number of hydrogen-bond donors (Lipinski definition) is 6. The molecule has 13 heteroatoms. The zero-order chi connectivity index (χ0) is 34.9. The van der Waals surface area contributed by atoms with Crippen LogP contribution in [0.1, 0.15) is 130 Å². The van der Waals surface area contributed by atoms with E-state index in [1.807, 2.05) is 0 Å². The first kappa shape index (κ1) is 41.7. The molecular weight excluding hydrogens is 616 g/mol. The van der Waals surface area contributed by atoms with Gasteiger partial charge in [0.15, 0.2) is 12.6 Å². The molecule has 0 spiro atoms. The zero-order valence-corrected chi connectivity index (χ0v) is 28.8. The summed E-state index contributed by atoms with van der Waals surface area (Å²) in [5.41, 5.74) is 0. The summed E-state index contributed by atoms with van der Waals surface area (Å²) < 4.78 is 29.2. The number of carbonyl (C=O) groups is 2. The Balaban J connectivity index is 2.15. The van der Waals surface area contributed by atoms with E-state index in [1.54, 1.807) is 6.92 Å². The van der Waals surface area contributed by atoms with Gasteiger partial charge >= 0.3 is 11.9 Å². The molecule has 6 N–H and O–H groups in total. The van der Waals surface area contributed by atoms with Gasteiger partial charge in [-0.1, -0.05) is 84.5 Å². The van der Waals surface area contributed by atoms with Crippen molar-refractivity contribution in [3.05, 3.63) is 0 Å². The summed E-state index contributed by atoms with van der Waals surface area (Å²) >= 11 is 0. The van der Waals surface area contributed by atoms with Crippen LogP contribution in [0.4, 0.5) is 0 Å². The number of unbranched alkanes of at least 4 members (excludes halogenated alkanes) is 10. The van der Waals surface area contributed by atoms with E-state index in [4.69, 9.17) is 23.7 Å². The van der Waals surface area contributed by atoms with Gasteiger partial charge in [0.05, 0.1) is 31.2 Å². The summed E-state index contributed by atoms with van der Waals surface area (Å²) in [5.74, 6) is -1.66. The van der Waals surface area contributed by atoms with Crippen molar-refractivity contribution >= 4 is 11.9 Å². The maximum atomic E-state index is 13.2. The third-order valence-corrected chi connectivity index (χ3v) is 9.06. The third kappa shape index (κ3) is 14.5. The number of carbonyl (C=O) groups excluding carboxylic acids is 1. The molecule has 2 aliphatic heterocycles. The molecule has 0 aromatic heterocycles. The Hall–Kier alpha value is -1.42. The molecule has 2 saturated heterocycles. The Morgan fingerprint density at radius 1 is 0.617 bits per heavy atom. The molecule has 0 amide bonds. The van der Waals surface area contributed by atoms with Crippen molar-refractivity contribution in [3.63, 3.8) is 0 Å². The largest absolute Gasteiger partial charge is 0.481 e. The predicted octanol–water partition coefficient (Wildman–Crippen LogP) is 3.33. The first-order valence-electron chi connectivity index (χ1n) is 17.8. The molecule has 2 fully saturated rings. The molecule has 0 bridgehead atoms. The van der Waals surface area contributed by atoms with Crippen molar-refractivity contribution < 1.29 is 63.9 Å². The zero-order valence-electron chi connectivity index (χ0n) is 28.8. The summed E-state index contributed by atoms with van der Waals surface area (Å²) in [5, 5.41) is 61.9. The Kier molecular flexibility index (Phi) is 19.8. The lowest BCUT2D eigenvalue weighted by atomic mass is 9.97. The van der Waals surface area contributed by atoms with E-state index in [9.17, 15) is 40.2 Å². The van der Waals surface area contributed by atoms with Gasteiger partial charge in [-0.25, -0.2) is 0 Å². The van der Waals surface area contributed by atoms with Gasteiger partial charge < -0.3 is 54.3 Å². The van der Waals surface area contributed by atoms with Crippen LogP contribution in [0.3, 0.4) is 0 Å². The number of ether oxygens (including phenoxy) is 5. The lowest BCUT2D eigenvalue weighted by Crippen LogP contribution is -2.63. The van der Waals surface area contributed by atoms with Crippen molar-refractivity contribution in [1.29, 1.82) is 0 Å². The molecule has 2 unspecified atom stereocenters. The van der Waals surface area contributed by atoms with E-state index in [-0.39, 0.29) is 12.8 Å². The van der Waals surface area contributed by atoms with Crippen LogP contribution >= 0.6 is 0 Å². The number of aliphatic carboxylic acids is 1. The smallest absolute Gasteiger partial charge is 0.308 e. The molecule has 2 rings (SSSR count). The number of aliphatic hydroxyl groups is 5. The Morgan fingerprint density at radius 3 is 1.66 bits per heavy atom. The number of carboxylic acid groups (broad SMARTS) is 1. The van der Waals surface area contributed by atoms with Crippen LogP contribution in [0, 0.1) is 0 Å². The average Bonchev–Trinajstić information content (AvgIpc) is 3.02. The van der Waals surface area contributed by atoms with Crippen molar-refractivity contribution in [3.8, 4) is 0 Å². The molecule has 12 atom stereocenters. The van der Waals surface area contributed by atoms with E-state index in [1.165, 1.54) is 6.92 Å². The van der Waals surface area contributed by atoms with Crippen LogP contribution in [0.5, 0.6) is 0 Å². The first-order valence-corrected chi connectivity index (χ1v) is 17.8. The molecule has 0 aliphatic carbocycles. The quantitative estimate of drug-likeness (QED) is 0.0680. The van der Waals surface area contributed by atoms with Gasteiger partial charge in [0.2, 0.25) is 0 Å². The highest BCUT2D eigenvalue weighted by Gasteiger charge is 2.50. The summed E-state index contributed by atoms with van der Waals surface area (Å²) in [7, 11) is 0. The van der Waals surface area contributed by atoms with Crippen LogP contribution in [0.15, 0.2) is 0 Å². The number of carboxylic acids is 1. The SMILES string of the molecule is CCCCCCCCC(CC(=O)O)OC(=O)CC(CCCCCCCC)O[C@@H]1O[C@@H](C)[C@H](O)[C@@H](O)[C@H]1O[C@@H]1O[C@@H](C)[C@H](O)[C@@H](O)[C@H]1O. The highest BCUT2D eigenvalue weighted by atomic mass is 16.8. The highest BCUT2D eigenvalue weighted by Crippen LogP contribution is 2.31. The minimum atomic E-state index is -1.67. The van der Waals surface area contributed by atoms with Crippen LogP contribution in [0.2, 0.25) is 0 Å². The molecular formula is C34H62O13. The van der Waals surface area contributed by atoms with E-state index in [0.717, 1.165) is 77.0 Å². The fraction of sp³-hybridized carbons (Fsp3) is 0.941. The van der Waals surface area contributed by atoms with Crippen LogP contribution in [0.25, 0.3) is 0 Å². The minimum absolute atomic E-state index is 0.203. The molecule has 2 aliphatic rings. The molecule has 276 valence electrons. The van der Waals surface area contributed by atoms with Gasteiger partial charge in [-0.05, 0) is 33.1 Å². The normalized spacial score (nSPS) is 32.5. The first-order chi connectivity index (χ1) is 22.4. The molecule has 0 aromatic rings. The maximum absolute atomic E-state index is 13.2. The van der Waals surface area contributed by atoms with Crippen LogP contribution < -0.4 is 0 Å². The molecule has 0 radical (unpaired) electrons. The molecule has 13 nitrogen and oxygen atoms in total. The second-order valence-corrected chi connectivity index (χ2v) is 13.3. The monoisotopic (exact) mass is 678 g/mol. The molecule has 0 saturated carbocycles. The van der Waals surface area contributed by atoms with Gasteiger partial charge in [0.1, 0.15) is 42.7 Å². The van der Waals surface area contributed by atoms with Gasteiger partial charge in [-0.3, -0.25) is 9.59 Å². The number of aliphatic hydroxyl groups excluding tert-OH is 5. The maximum Gasteiger partial charge on any atom is 0.308 e. The summed E-state index contributed by atoms with van der Waals surface area (Å²) in [6, 6.07) is 0. The van der Waals surface area contributed by atoms with E-state index in [0.29, 0.717) is 12.8 Å².